The number of hydrogen-bond donors (Lipinski definition) is 1. The van der Waals surface area contributed by atoms with E-state index < -0.39 is 0 Å². The Morgan fingerprint density at radius 1 is 1.55 bits per heavy atom. The molecule has 0 radical (unpaired) electrons. The summed E-state index contributed by atoms with van der Waals surface area (Å²) in [6.45, 7) is 0. The minimum absolute atomic E-state index is 0.0506. The van der Waals surface area contributed by atoms with Crippen LogP contribution in [0.5, 0.6) is 5.75 Å². The molecule has 1 aromatic rings. The molecule has 0 aliphatic heterocycles. The van der Waals surface area contributed by atoms with Crippen molar-refractivity contribution in [2.45, 2.75) is 0 Å². The molecule has 0 saturated heterocycles. The Morgan fingerprint density at radius 3 is 2.64 bits per heavy atom. The van der Waals surface area contributed by atoms with E-state index in [1.165, 1.54) is 12.1 Å². The smallest absolute Gasteiger partial charge is 0.131 e. The van der Waals surface area contributed by atoms with Crippen LogP contribution < -0.4 is 0 Å². The Kier molecular flexibility index (Phi) is 2.58. The van der Waals surface area contributed by atoms with E-state index in [0.717, 1.165) is 0 Å². The van der Waals surface area contributed by atoms with Gasteiger partial charge in [-0.3, -0.25) is 0 Å². The maximum Gasteiger partial charge on any atom is 0.131 e. The molecule has 0 unspecified atom stereocenters. The number of rotatable bonds is 0. The molecule has 2 nitrogen and oxygen atoms in total. The summed E-state index contributed by atoms with van der Waals surface area (Å²) in [5.41, 5.74) is 0.368. The number of phenolic OH excluding ortho intramolecular Hbond substituents is 1. The summed E-state index contributed by atoms with van der Waals surface area (Å²) in [4.78, 5) is 0. The second-order valence-corrected chi connectivity index (χ2v) is 3.39. The van der Waals surface area contributed by atoms with E-state index in [4.69, 9.17) is 22.0 Å². The molecule has 1 N–H and O–H groups in total. The van der Waals surface area contributed by atoms with E-state index in [9.17, 15) is 0 Å². The average molecular weight is 279 g/mol. The van der Waals surface area contributed by atoms with Gasteiger partial charge in [0.05, 0.1) is 20.2 Å². The van der Waals surface area contributed by atoms with Gasteiger partial charge in [0.15, 0.2) is 0 Å². The van der Waals surface area contributed by atoms with Gasteiger partial charge >= 0.3 is 0 Å². The molecule has 0 heterocycles. The van der Waals surface area contributed by atoms with Gasteiger partial charge in [-0.2, -0.15) is 5.26 Å². The summed E-state index contributed by atoms with van der Waals surface area (Å²) in [5, 5.41) is 18.0. The number of aromatic hydroxyl groups is 1. The topological polar surface area (TPSA) is 44.0 Å². The molecule has 0 bridgehead atoms. The average Bonchev–Trinajstić information content (AvgIpc) is 1.99. The van der Waals surface area contributed by atoms with Crippen LogP contribution in [0.2, 0.25) is 5.02 Å². The third-order valence-corrected chi connectivity index (χ3v) is 2.89. The van der Waals surface area contributed by atoms with Crippen LogP contribution in [0, 0.1) is 14.9 Å². The number of nitrogens with zero attached hydrogens (tertiary/aromatic N) is 1. The summed E-state index contributed by atoms with van der Waals surface area (Å²) in [7, 11) is 0. The normalized spacial score (nSPS) is 9.18. The third-order valence-electron chi connectivity index (χ3n) is 1.14. The second-order valence-electron chi connectivity index (χ2n) is 1.90. The summed E-state index contributed by atoms with van der Waals surface area (Å²) >= 11 is 7.59. The van der Waals surface area contributed by atoms with Gasteiger partial charge in [-0.05, 0) is 34.7 Å². The third kappa shape index (κ3) is 1.76. The van der Waals surface area contributed by atoms with Crippen molar-refractivity contribution in [2.75, 3.05) is 0 Å². The molecular formula is C7H3ClINO. The van der Waals surface area contributed by atoms with Crippen molar-refractivity contribution in [1.29, 1.82) is 5.26 Å². The maximum atomic E-state index is 9.17. The van der Waals surface area contributed by atoms with Crippen LogP contribution in [0.15, 0.2) is 12.1 Å². The molecular weight excluding hydrogens is 276 g/mol. The summed E-state index contributed by atoms with van der Waals surface area (Å²) < 4.78 is 0.572. The van der Waals surface area contributed by atoms with E-state index >= 15 is 0 Å². The molecule has 0 aliphatic carbocycles. The van der Waals surface area contributed by atoms with Crippen molar-refractivity contribution < 1.29 is 5.11 Å². The first kappa shape index (κ1) is 8.62. The van der Waals surface area contributed by atoms with Crippen LogP contribution in [0.25, 0.3) is 0 Å². The fourth-order valence-corrected chi connectivity index (χ4v) is 1.16. The van der Waals surface area contributed by atoms with Gasteiger partial charge in [-0.15, -0.1) is 0 Å². The monoisotopic (exact) mass is 279 g/mol. The first-order chi connectivity index (χ1) is 5.15. The quantitative estimate of drug-likeness (QED) is 0.742. The van der Waals surface area contributed by atoms with Crippen LogP contribution in [0.3, 0.4) is 0 Å². The highest BCUT2D eigenvalue weighted by atomic mass is 127. The molecule has 56 valence electrons. The number of hydrogen-bond acceptors (Lipinski definition) is 2. The highest BCUT2D eigenvalue weighted by Crippen LogP contribution is 2.28. The number of phenols is 1. The Hall–Kier alpha value is -0.470. The SMILES string of the molecule is N#Cc1cc(O)c(I)c(Cl)c1. The first-order valence-corrected chi connectivity index (χ1v) is 4.19. The molecule has 0 atom stereocenters. The van der Waals surface area contributed by atoms with Crippen molar-refractivity contribution in [3.05, 3.63) is 26.3 Å². The Labute approximate surface area is 82.5 Å². The molecule has 0 aromatic heterocycles. The zero-order chi connectivity index (χ0) is 8.43. The van der Waals surface area contributed by atoms with E-state index in [-0.39, 0.29) is 5.75 Å². The van der Waals surface area contributed by atoms with Gasteiger partial charge in [0.1, 0.15) is 5.75 Å². The molecule has 0 amide bonds. The largest absolute Gasteiger partial charge is 0.507 e. The molecule has 1 aromatic carbocycles. The zero-order valence-electron chi connectivity index (χ0n) is 5.31. The predicted octanol–water partition coefficient (Wildman–Crippen LogP) is 2.52. The highest BCUT2D eigenvalue weighted by molar-refractivity contribution is 14.1. The lowest BCUT2D eigenvalue weighted by molar-refractivity contribution is 0.471. The molecule has 1 rings (SSSR count). The van der Waals surface area contributed by atoms with Crippen LogP contribution in [-0.2, 0) is 0 Å². The molecule has 0 aliphatic rings. The second kappa shape index (κ2) is 3.28. The zero-order valence-corrected chi connectivity index (χ0v) is 8.22. The lowest BCUT2D eigenvalue weighted by atomic mass is 10.2. The molecule has 0 spiro atoms. The minimum atomic E-state index is 0.0506. The fraction of sp³-hybridized carbons (Fsp3) is 0. The van der Waals surface area contributed by atoms with Gasteiger partial charge in [0.2, 0.25) is 0 Å². The van der Waals surface area contributed by atoms with Crippen LogP contribution in [0.4, 0.5) is 0 Å². The summed E-state index contributed by atoms with van der Waals surface area (Å²) in [5.74, 6) is 0.0506. The van der Waals surface area contributed by atoms with Crippen molar-refractivity contribution in [3.8, 4) is 11.8 Å². The number of halogens is 2. The highest BCUT2D eigenvalue weighted by Gasteiger charge is 2.04. The number of benzene rings is 1. The standard InChI is InChI=1S/C7H3ClINO/c8-5-1-4(3-10)2-6(11)7(5)9/h1-2,11H. The lowest BCUT2D eigenvalue weighted by Gasteiger charge is -1.98. The van der Waals surface area contributed by atoms with Gasteiger partial charge in [-0.1, -0.05) is 11.6 Å². The Morgan fingerprint density at radius 2 is 2.18 bits per heavy atom. The Balaban J connectivity index is 3.35. The lowest BCUT2D eigenvalue weighted by Crippen LogP contribution is -1.79. The maximum absolute atomic E-state index is 9.17. The van der Waals surface area contributed by atoms with Crippen molar-refractivity contribution in [3.63, 3.8) is 0 Å². The fourth-order valence-electron chi connectivity index (χ4n) is 0.639. The van der Waals surface area contributed by atoms with Crippen LogP contribution >= 0.6 is 34.2 Å². The van der Waals surface area contributed by atoms with Crippen molar-refractivity contribution >= 4 is 34.2 Å². The molecule has 11 heavy (non-hydrogen) atoms. The van der Waals surface area contributed by atoms with E-state index in [0.29, 0.717) is 14.2 Å². The van der Waals surface area contributed by atoms with Crippen molar-refractivity contribution in [1.82, 2.24) is 0 Å². The van der Waals surface area contributed by atoms with Crippen molar-refractivity contribution in [2.24, 2.45) is 0 Å². The number of nitriles is 1. The van der Waals surface area contributed by atoms with Gasteiger partial charge in [0.25, 0.3) is 0 Å². The van der Waals surface area contributed by atoms with E-state index in [1.807, 2.05) is 28.7 Å². The van der Waals surface area contributed by atoms with Gasteiger partial charge in [-0.25, -0.2) is 0 Å². The molecule has 0 saturated carbocycles. The molecule has 0 fully saturated rings. The van der Waals surface area contributed by atoms with Crippen LogP contribution in [-0.4, -0.2) is 5.11 Å². The van der Waals surface area contributed by atoms with Gasteiger partial charge < -0.3 is 5.11 Å². The summed E-state index contributed by atoms with van der Waals surface area (Å²) in [6.07, 6.45) is 0. The molecule has 4 heteroatoms. The Bertz CT molecular complexity index is 309. The van der Waals surface area contributed by atoms with E-state index in [2.05, 4.69) is 0 Å². The van der Waals surface area contributed by atoms with Crippen LogP contribution in [0.1, 0.15) is 5.56 Å². The van der Waals surface area contributed by atoms with Gasteiger partial charge in [0, 0.05) is 0 Å². The predicted molar refractivity (Wildman–Crippen MR) is 50.5 cm³/mol. The minimum Gasteiger partial charge on any atom is -0.507 e. The first-order valence-electron chi connectivity index (χ1n) is 2.73. The van der Waals surface area contributed by atoms with E-state index in [1.54, 1.807) is 0 Å². The summed E-state index contributed by atoms with van der Waals surface area (Å²) in [6, 6.07) is 4.79.